The van der Waals surface area contributed by atoms with E-state index in [0.29, 0.717) is 119 Å². The number of hydrogen-bond donors (Lipinski definition) is 4. The molecule has 0 spiro atoms. The van der Waals surface area contributed by atoms with E-state index >= 15 is 0 Å². The first-order valence-corrected chi connectivity index (χ1v) is 26.7. The Bertz CT molecular complexity index is 3170. The largest absolute Gasteiger partial charge is 0.507 e. The maximum atomic E-state index is 11.1. The fraction of sp³-hybridized carbons (Fsp3) is 0.323. The molecule has 2 aromatic heterocycles. The quantitative estimate of drug-likeness (QED) is 0.0369. The van der Waals surface area contributed by atoms with E-state index in [-0.39, 0.29) is 52.1 Å². The number of nitrogens with zero attached hydrogens (tertiary/aromatic N) is 6. The summed E-state index contributed by atoms with van der Waals surface area (Å²) >= 11 is 0. The van der Waals surface area contributed by atoms with Crippen molar-refractivity contribution in [2.24, 2.45) is 0 Å². The number of phenols is 4. The molecule has 18 nitrogen and oxygen atoms in total. The number of unbranched alkanes of at least 4 members (excludes halogenated alkanes) is 3. The monoisotopic (exact) mass is 1090 g/mol. The van der Waals surface area contributed by atoms with Crippen molar-refractivity contribution in [2.75, 3.05) is 61.5 Å². The Balaban J connectivity index is 0.000000241. The van der Waals surface area contributed by atoms with Gasteiger partial charge in [0, 0.05) is 36.9 Å². The Kier molecular flexibility index (Phi) is 21.4. The van der Waals surface area contributed by atoms with Crippen molar-refractivity contribution < 1.29 is 58.3 Å². The molecule has 420 valence electrons. The van der Waals surface area contributed by atoms with E-state index in [0.717, 1.165) is 44.1 Å². The summed E-state index contributed by atoms with van der Waals surface area (Å²) < 4.78 is 44.6. The first-order valence-electron chi connectivity index (χ1n) is 26.7. The molecule has 0 bridgehead atoms. The summed E-state index contributed by atoms with van der Waals surface area (Å²) in [5.74, 6) is 5.35. The van der Waals surface area contributed by atoms with Gasteiger partial charge in [0.25, 0.3) is 0 Å². The lowest BCUT2D eigenvalue weighted by Crippen LogP contribution is -2.04. The Hall–Kier alpha value is -8.90. The molecule has 0 atom stereocenters. The number of aromatic nitrogens is 6. The van der Waals surface area contributed by atoms with E-state index in [1.165, 1.54) is 33.5 Å². The molecule has 80 heavy (non-hydrogen) atoms. The SMILES string of the molecule is CCCCOc1ccc(-c2nc(-c3ccc(CCOCC)cc3O)nc(-c3ccc(OCCCC)cc3OCCCC)n2)c(O)c1.COc1ccc(-c2nc(-c3ccc(OC)cc3O)nc(-c3ccc(OC)cc3OC)n2)c(O)c1. The first kappa shape index (κ1) is 58.8. The number of phenolic OH excluding ortho intramolecular Hbond substituents is 4. The molecule has 0 saturated carbocycles. The minimum Gasteiger partial charge on any atom is -0.507 e. The topological polar surface area (TPSA) is 232 Å². The number of benzene rings is 6. The lowest BCUT2D eigenvalue weighted by molar-refractivity contribution is 0.151. The normalized spacial score (nSPS) is 10.8. The van der Waals surface area contributed by atoms with Crippen LogP contribution in [0.4, 0.5) is 0 Å². The molecular weight excluding hydrogens is 1020 g/mol. The predicted octanol–water partition coefficient (Wildman–Crippen LogP) is 12.7. The third-order valence-electron chi connectivity index (χ3n) is 12.5. The standard InChI is InChI=1S/C37H47N3O6.C25H23N3O6/c1-5-9-19-44-27-13-16-30(33(42)24-27)36-38-35(29-15-12-26(23-32(29)41)18-22-43-8-4)39-37(40-36)31-17-14-28(45-20-10-6-2)25-34(31)46-21-11-7-3;1-31-14-5-8-17(20(29)11-14)23-26-24(18-9-6-15(32-2)12-21(18)30)28-25(27-23)19-10-7-16(33-3)13-22(19)34-4/h12-17,23-25,41-42H,5-11,18-22H2,1-4H3;5-13,29-30H,1-4H3. The van der Waals surface area contributed by atoms with Crippen LogP contribution in [0.2, 0.25) is 0 Å². The number of aromatic hydroxyl groups is 4. The van der Waals surface area contributed by atoms with Crippen LogP contribution in [0.15, 0.2) is 109 Å². The highest BCUT2D eigenvalue weighted by Gasteiger charge is 2.22. The van der Waals surface area contributed by atoms with Gasteiger partial charge < -0.3 is 58.3 Å². The van der Waals surface area contributed by atoms with Gasteiger partial charge >= 0.3 is 0 Å². The third kappa shape index (κ3) is 15.2. The van der Waals surface area contributed by atoms with Gasteiger partial charge in [0.05, 0.1) is 88.2 Å². The van der Waals surface area contributed by atoms with E-state index in [1.807, 2.05) is 31.2 Å². The average Bonchev–Trinajstić information content (AvgIpc) is 3.48. The predicted molar refractivity (Wildman–Crippen MR) is 307 cm³/mol. The first-order chi connectivity index (χ1) is 38.9. The van der Waals surface area contributed by atoms with Crippen LogP contribution in [0.5, 0.6) is 63.2 Å². The van der Waals surface area contributed by atoms with Crippen molar-refractivity contribution in [3.05, 3.63) is 115 Å². The summed E-state index contributed by atoms with van der Waals surface area (Å²) in [5, 5.41) is 43.4. The van der Waals surface area contributed by atoms with Crippen LogP contribution >= 0.6 is 0 Å². The van der Waals surface area contributed by atoms with Crippen molar-refractivity contribution in [1.29, 1.82) is 0 Å². The van der Waals surface area contributed by atoms with Crippen molar-refractivity contribution in [2.45, 2.75) is 72.6 Å². The Morgan fingerprint density at radius 3 is 1.07 bits per heavy atom. The summed E-state index contributed by atoms with van der Waals surface area (Å²) in [7, 11) is 6.12. The molecule has 0 amide bonds. The minimum atomic E-state index is -0.0666. The lowest BCUT2D eigenvalue weighted by Gasteiger charge is -2.15. The van der Waals surface area contributed by atoms with Gasteiger partial charge in [0.2, 0.25) is 0 Å². The molecule has 0 fully saturated rings. The van der Waals surface area contributed by atoms with Crippen molar-refractivity contribution >= 4 is 0 Å². The number of methoxy groups -OCH3 is 4. The highest BCUT2D eigenvalue weighted by atomic mass is 16.5. The van der Waals surface area contributed by atoms with Crippen LogP contribution < -0.4 is 33.2 Å². The van der Waals surface area contributed by atoms with Gasteiger partial charge in [-0.2, -0.15) is 0 Å². The smallest absolute Gasteiger partial charge is 0.167 e. The van der Waals surface area contributed by atoms with Crippen LogP contribution in [0.25, 0.3) is 68.3 Å². The number of hydrogen-bond acceptors (Lipinski definition) is 18. The van der Waals surface area contributed by atoms with E-state index in [2.05, 4.69) is 35.7 Å². The summed E-state index contributed by atoms with van der Waals surface area (Å²) in [4.78, 5) is 28.1. The fourth-order valence-corrected chi connectivity index (χ4v) is 8.05. The van der Waals surface area contributed by atoms with E-state index in [4.69, 9.17) is 52.8 Å². The molecular formula is C62H70N6O12. The van der Waals surface area contributed by atoms with Crippen molar-refractivity contribution in [3.63, 3.8) is 0 Å². The second-order valence-corrected chi connectivity index (χ2v) is 18.2. The molecule has 0 radical (unpaired) electrons. The van der Waals surface area contributed by atoms with Crippen molar-refractivity contribution in [3.8, 4) is 132 Å². The molecule has 4 N–H and O–H groups in total. The lowest BCUT2D eigenvalue weighted by atomic mass is 10.1. The molecule has 8 aromatic rings. The summed E-state index contributed by atoms with van der Waals surface area (Å²) in [6, 6.07) is 31.0. The average molecular weight is 1090 g/mol. The molecule has 0 aliphatic rings. The summed E-state index contributed by atoms with van der Waals surface area (Å²) in [5.41, 5.74) is 3.75. The molecule has 6 aromatic carbocycles. The minimum absolute atomic E-state index is 0.0216. The van der Waals surface area contributed by atoms with Crippen LogP contribution in [-0.4, -0.2) is 112 Å². The van der Waals surface area contributed by atoms with Crippen molar-refractivity contribution in [1.82, 2.24) is 29.9 Å². The molecule has 18 heteroatoms. The molecule has 0 aliphatic heterocycles. The molecule has 8 rings (SSSR count). The second kappa shape index (κ2) is 29.2. The summed E-state index contributed by atoms with van der Waals surface area (Å²) in [6.07, 6.45) is 6.46. The van der Waals surface area contributed by atoms with Crippen LogP contribution in [-0.2, 0) is 11.2 Å². The molecule has 2 heterocycles. The van der Waals surface area contributed by atoms with Crippen LogP contribution in [0, 0.1) is 0 Å². The van der Waals surface area contributed by atoms with E-state index in [9.17, 15) is 20.4 Å². The maximum Gasteiger partial charge on any atom is 0.167 e. The fourth-order valence-electron chi connectivity index (χ4n) is 8.05. The van der Waals surface area contributed by atoms with Gasteiger partial charge in [-0.15, -0.1) is 0 Å². The van der Waals surface area contributed by atoms with E-state index in [1.54, 1.807) is 79.9 Å². The zero-order valence-corrected chi connectivity index (χ0v) is 46.6. The second-order valence-electron chi connectivity index (χ2n) is 18.2. The molecule has 0 saturated heterocycles. The number of rotatable bonds is 26. The third-order valence-corrected chi connectivity index (χ3v) is 12.5. The van der Waals surface area contributed by atoms with Gasteiger partial charge in [-0.05, 0) is 111 Å². The molecule has 0 unspecified atom stereocenters. The Morgan fingerprint density at radius 1 is 0.338 bits per heavy atom. The zero-order chi connectivity index (χ0) is 57.0. The Labute approximate surface area is 467 Å². The van der Waals surface area contributed by atoms with Gasteiger partial charge in [-0.3, -0.25) is 0 Å². The van der Waals surface area contributed by atoms with Gasteiger partial charge in [-0.25, -0.2) is 29.9 Å². The van der Waals surface area contributed by atoms with Gasteiger partial charge in [0.1, 0.15) is 63.2 Å². The highest BCUT2D eigenvalue weighted by Crippen LogP contribution is 2.40. The highest BCUT2D eigenvalue weighted by molar-refractivity contribution is 5.76. The maximum absolute atomic E-state index is 11.1. The van der Waals surface area contributed by atoms with Gasteiger partial charge in [0.15, 0.2) is 34.9 Å². The molecule has 0 aliphatic carbocycles. The Morgan fingerprint density at radius 2 is 0.675 bits per heavy atom. The summed E-state index contributed by atoms with van der Waals surface area (Å²) in [6.45, 7) is 11.2. The van der Waals surface area contributed by atoms with Crippen LogP contribution in [0.3, 0.4) is 0 Å². The van der Waals surface area contributed by atoms with E-state index < -0.39 is 0 Å². The zero-order valence-electron chi connectivity index (χ0n) is 46.6. The van der Waals surface area contributed by atoms with Crippen LogP contribution in [0.1, 0.15) is 71.8 Å². The number of ether oxygens (including phenoxy) is 8. The van der Waals surface area contributed by atoms with Gasteiger partial charge in [-0.1, -0.05) is 46.1 Å².